The summed E-state index contributed by atoms with van der Waals surface area (Å²) in [6.45, 7) is 5.40. The lowest BCUT2D eigenvalue weighted by molar-refractivity contribution is -0.130. The molecule has 0 unspecified atom stereocenters. The predicted molar refractivity (Wildman–Crippen MR) is 110 cm³/mol. The SMILES string of the molecule is CCN(CC)C(=O)CCCC(=O)Nc1nnc(C23CC4CC(CC(C4)C2)C3)s1. The first-order chi connectivity index (χ1) is 13.5. The summed E-state index contributed by atoms with van der Waals surface area (Å²) in [6, 6.07) is 0. The monoisotopic (exact) mass is 404 g/mol. The molecule has 4 aliphatic rings. The van der Waals surface area contributed by atoms with Crippen molar-refractivity contribution in [1.29, 1.82) is 0 Å². The Hall–Kier alpha value is -1.50. The summed E-state index contributed by atoms with van der Waals surface area (Å²) < 4.78 is 0. The molecular formula is C21H32N4O2S. The molecule has 0 radical (unpaired) electrons. The highest BCUT2D eigenvalue weighted by molar-refractivity contribution is 7.15. The number of rotatable bonds is 8. The van der Waals surface area contributed by atoms with Crippen molar-refractivity contribution in [2.45, 2.75) is 77.0 Å². The van der Waals surface area contributed by atoms with Gasteiger partial charge >= 0.3 is 0 Å². The van der Waals surface area contributed by atoms with Crippen LogP contribution in [0.5, 0.6) is 0 Å². The van der Waals surface area contributed by atoms with Gasteiger partial charge in [-0.05, 0) is 76.5 Å². The van der Waals surface area contributed by atoms with Gasteiger partial charge in [-0.15, -0.1) is 10.2 Å². The molecule has 1 aromatic rings. The Morgan fingerprint density at radius 1 is 1.04 bits per heavy atom. The van der Waals surface area contributed by atoms with Crippen LogP contribution in [-0.2, 0) is 15.0 Å². The standard InChI is InChI=1S/C21H32N4O2S/c1-3-25(4-2)18(27)7-5-6-17(26)22-20-24-23-19(28-20)21-11-14-8-15(12-21)10-16(9-14)13-21/h14-16H,3-13H2,1-2H3,(H,22,24,26). The molecule has 0 aliphatic heterocycles. The molecule has 0 aromatic carbocycles. The Balaban J connectivity index is 1.29. The van der Waals surface area contributed by atoms with E-state index in [0.29, 0.717) is 24.4 Å². The van der Waals surface area contributed by atoms with Gasteiger partial charge in [0.15, 0.2) is 0 Å². The van der Waals surface area contributed by atoms with E-state index in [2.05, 4.69) is 15.5 Å². The normalized spacial score (nSPS) is 30.4. The summed E-state index contributed by atoms with van der Waals surface area (Å²) in [7, 11) is 0. The Morgan fingerprint density at radius 3 is 2.21 bits per heavy atom. The highest BCUT2D eigenvalue weighted by Gasteiger charge is 2.53. The molecule has 0 spiro atoms. The molecule has 4 saturated carbocycles. The summed E-state index contributed by atoms with van der Waals surface area (Å²) in [5.74, 6) is 2.67. The number of nitrogens with one attached hydrogen (secondary N) is 1. The smallest absolute Gasteiger partial charge is 0.226 e. The summed E-state index contributed by atoms with van der Waals surface area (Å²) in [6.07, 6.45) is 9.35. The Kier molecular flexibility index (Phi) is 5.72. The molecule has 4 aliphatic carbocycles. The average molecular weight is 405 g/mol. The van der Waals surface area contributed by atoms with Crippen molar-refractivity contribution in [3.8, 4) is 0 Å². The third-order valence-corrected chi connectivity index (χ3v) is 8.16. The molecule has 1 heterocycles. The lowest BCUT2D eigenvalue weighted by Gasteiger charge is -2.55. The first kappa shape index (κ1) is 19.8. The van der Waals surface area contributed by atoms with E-state index in [9.17, 15) is 9.59 Å². The van der Waals surface area contributed by atoms with Gasteiger partial charge in [0.25, 0.3) is 0 Å². The number of anilines is 1. The van der Waals surface area contributed by atoms with Crippen LogP contribution < -0.4 is 5.32 Å². The second-order valence-electron chi connectivity index (χ2n) is 9.08. The van der Waals surface area contributed by atoms with Gasteiger partial charge in [-0.3, -0.25) is 9.59 Å². The molecule has 2 amide bonds. The van der Waals surface area contributed by atoms with Crippen LogP contribution in [0.3, 0.4) is 0 Å². The van der Waals surface area contributed by atoms with E-state index in [1.807, 2.05) is 13.8 Å². The van der Waals surface area contributed by atoms with Crippen molar-refractivity contribution >= 4 is 28.3 Å². The molecule has 6 nitrogen and oxygen atoms in total. The zero-order valence-electron chi connectivity index (χ0n) is 17.1. The van der Waals surface area contributed by atoms with E-state index >= 15 is 0 Å². The molecule has 154 valence electrons. The number of carbonyl (C=O) groups excluding carboxylic acids is 2. The zero-order chi connectivity index (χ0) is 19.7. The minimum Gasteiger partial charge on any atom is -0.343 e. The van der Waals surface area contributed by atoms with Crippen LogP contribution >= 0.6 is 11.3 Å². The molecule has 7 heteroatoms. The van der Waals surface area contributed by atoms with E-state index in [1.165, 1.54) is 38.5 Å². The quantitative estimate of drug-likeness (QED) is 0.711. The molecular weight excluding hydrogens is 372 g/mol. The summed E-state index contributed by atoms with van der Waals surface area (Å²) in [5, 5.41) is 13.4. The maximum Gasteiger partial charge on any atom is 0.226 e. The lowest BCUT2D eigenvalue weighted by atomic mass is 9.50. The van der Waals surface area contributed by atoms with Gasteiger partial charge in [-0.2, -0.15) is 0 Å². The van der Waals surface area contributed by atoms with Crippen LogP contribution in [0.4, 0.5) is 5.13 Å². The number of nitrogens with zero attached hydrogens (tertiary/aromatic N) is 3. The van der Waals surface area contributed by atoms with Crippen LogP contribution in [-0.4, -0.2) is 40.0 Å². The van der Waals surface area contributed by atoms with Gasteiger partial charge in [-0.1, -0.05) is 11.3 Å². The number of amides is 2. The molecule has 1 aromatic heterocycles. The fourth-order valence-corrected chi connectivity index (χ4v) is 7.15. The number of carbonyl (C=O) groups is 2. The minimum atomic E-state index is -0.0689. The largest absolute Gasteiger partial charge is 0.343 e. The minimum absolute atomic E-state index is 0.0689. The second kappa shape index (κ2) is 8.09. The van der Waals surface area contributed by atoms with E-state index in [1.54, 1.807) is 16.2 Å². The van der Waals surface area contributed by atoms with Gasteiger partial charge in [0.2, 0.25) is 16.9 Å². The second-order valence-corrected chi connectivity index (χ2v) is 10.1. The van der Waals surface area contributed by atoms with Crippen LogP contribution in [0, 0.1) is 17.8 Å². The molecule has 0 atom stereocenters. The maximum absolute atomic E-state index is 12.3. The fraction of sp³-hybridized carbons (Fsp3) is 0.810. The lowest BCUT2D eigenvalue weighted by Crippen LogP contribution is -2.48. The van der Waals surface area contributed by atoms with Crippen molar-refractivity contribution in [3.63, 3.8) is 0 Å². The topological polar surface area (TPSA) is 75.2 Å². The Morgan fingerprint density at radius 2 is 1.64 bits per heavy atom. The maximum atomic E-state index is 12.3. The molecule has 4 fully saturated rings. The molecule has 28 heavy (non-hydrogen) atoms. The average Bonchev–Trinajstić information content (AvgIpc) is 3.11. The molecule has 5 rings (SSSR count). The number of aromatic nitrogens is 2. The number of hydrogen-bond donors (Lipinski definition) is 1. The third-order valence-electron chi connectivity index (χ3n) is 7.07. The van der Waals surface area contributed by atoms with Crippen LogP contribution in [0.1, 0.15) is 76.6 Å². The predicted octanol–water partition coefficient (Wildman–Crippen LogP) is 3.98. The van der Waals surface area contributed by atoms with E-state index in [-0.39, 0.29) is 17.2 Å². The van der Waals surface area contributed by atoms with Crippen LogP contribution in [0.25, 0.3) is 0 Å². The zero-order valence-corrected chi connectivity index (χ0v) is 17.9. The van der Waals surface area contributed by atoms with E-state index in [0.717, 1.165) is 35.9 Å². The highest BCUT2D eigenvalue weighted by Crippen LogP contribution is 2.61. The summed E-state index contributed by atoms with van der Waals surface area (Å²) >= 11 is 1.57. The van der Waals surface area contributed by atoms with Crippen LogP contribution in [0.15, 0.2) is 0 Å². The van der Waals surface area contributed by atoms with Gasteiger partial charge < -0.3 is 10.2 Å². The summed E-state index contributed by atoms with van der Waals surface area (Å²) in [5.41, 5.74) is 0.228. The first-order valence-corrected chi connectivity index (χ1v) is 11.7. The van der Waals surface area contributed by atoms with Gasteiger partial charge in [0, 0.05) is 31.3 Å². The first-order valence-electron chi connectivity index (χ1n) is 10.9. The molecule has 4 bridgehead atoms. The van der Waals surface area contributed by atoms with E-state index in [4.69, 9.17) is 0 Å². The molecule has 1 N–H and O–H groups in total. The Bertz CT molecular complexity index is 692. The summed E-state index contributed by atoms with van der Waals surface area (Å²) in [4.78, 5) is 26.1. The van der Waals surface area contributed by atoms with Crippen LogP contribution in [0.2, 0.25) is 0 Å². The van der Waals surface area contributed by atoms with Gasteiger partial charge in [0.05, 0.1) is 0 Å². The fourth-order valence-electron chi connectivity index (χ4n) is 6.18. The van der Waals surface area contributed by atoms with Crippen molar-refractivity contribution < 1.29 is 9.59 Å². The third kappa shape index (κ3) is 3.95. The Labute approximate surface area is 171 Å². The van der Waals surface area contributed by atoms with E-state index < -0.39 is 0 Å². The van der Waals surface area contributed by atoms with Crippen molar-refractivity contribution in [2.24, 2.45) is 17.8 Å². The van der Waals surface area contributed by atoms with Gasteiger partial charge in [-0.25, -0.2) is 0 Å². The number of hydrogen-bond acceptors (Lipinski definition) is 5. The van der Waals surface area contributed by atoms with Crippen molar-refractivity contribution in [2.75, 3.05) is 18.4 Å². The molecule has 0 saturated heterocycles. The van der Waals surface area contributed by atoms with Crippen molar-refractivity contribution in [3.05, 3.63) is 5.01 Å². The highest BCUT2D eigenvalue weighted by atomic mass is 32.1. The van der Waals surface area contributed by atoms with Crippen molar-refractivity contribution in [1.82, 2.24) is 15.1 Å². The van der Waals surface area contributed by atoms with Gasteiger partial charge in [0.1, 0.15) is 5.01 Å².